The third kappa shape index (κ3) is 3.35. The van der Waals surface area contributed by atoms with Crippen molar-refractivity contribution < 1.29 is 0 Å². The third-order valence-electron chi connectivity index (χ3n) is 2.79. The molecule has 92 valence electrons. The van der Waals surface area contributed by atoms with Crippen LogP contribution in [-0.4, -0.2) is 47.0 Å². The van der Waals surface area contributed by atoms with Gasteiger partial charge in [-0.15, -0.1) is 0 Å². The molecule has 4 nitrogen and oxygen atoms in total. The molecule has 1 aliphatic heterocycles. The van der Waals surface area contributed by atoms with Crippen molar-refractivity contribution in [2.24, 2.45) is 0 Å². The van der Waals surface area contributed by atoms with E-state index in [4.69, 9.17) is 5.26 Å². The summed E-state index contributed by atoms with van der Waals surface area (Å²) in [6.45, 7) is 6.17. The second-order valence-corrected chi connectivity index (χ2v) is 5.96. The number of thioether (sulfide) groups is 1. The Bertz CT molecular complexity index is 404. The standard InChI is InChI=1S/C11H16N4S2/c1-9-10(8-12)11(17-14-9)13-2-3-15-4-6-16-7-5-15/h13H,2-7H2,1H3. The topological polar surface area (TPSA) is 52.0 Å². The summed E-state index contributed by atoms with van der Waals surface area (Å²) in [6.07, 6.45) is 0. The normalized spacial score (nSPS) is 16.7. The molecule has 1 fully saturated rings. The van der Waals surface area contributed by atoms with Gasteiger partial charge in [-0.1, -0.05) is 0 Å². The third-order valence-corrected chi connectivity index (χ3v) is 4.63. The van der Waals surface area contributed by atoms with Crippen molar-refractivity contribution in [2.75, 3.05) is 43.0 Å². The Balaban J connectivity index is 1.79. The fraction of sp³-hybridized carbons (Fsp3) is 0.636. The molecule has 6 heteroatoms. The summed E-state index contributed by atoms with van der Waals surface area (Å²) in [5.41, 5.74) is 1.53. The van der Waals surface area contributed by atoms with Gasteiger partial charge in [-0.3, -0.25) is 4.90 Å². The van der Waals surface area contributed by atoms with Crippen molar-refractivity contribution in [3.05, 3.63) is 11.3 Å². The number of hydrogen-bond donors (Lipinski definition) is 1. The van der Waals surface area contributed by atoms with Crippen LogP contribution < -0.4 is 5.32 Å². The average Bonchev–Trinajstić information content (AvgIpc) is 2.71. The van der Waals surface area contributed by atoms with E-state index in [0.29, 0.717) is 5.56 Å². The van der Waals surface area contributed by atoms with E-state index in [0.717, 1.165) is 23.8 Å². The Morgan fingerprint density at radius 3 is 2.94 bits per heavy atom. The second-order valence-electron chi connectivity index (χ2n) is 3.96. The van der Waals surface area contributed by atoms with Gasteiger partial charge in [0, 0.05) is 37.7 Å². The number of nitrogens with zero attached hydrogens (tertiary/aromatic N) is 3. The van der Waals surface area contributed by atoms with Gasteiger partial charge in [0.25, 0.3) is 0 Å². The minimum absolute atomic E-state index is 0.698. The lowest BCUT2D eigenvalue weighted by Gasteiger charge is -2.26. The molecule has 0 saturated carbocycles. The summed E-state index contributed by atoms with van der Waals surface area (Å²) >= 11 is 3.41. The molecular formula is C11H16N4S2. The fourth-order valence-corrected chi connectivity index (χ4v) is 3.52. The highest BCUT2D eigenvalue weighted by molar-refractivity contribution is 7.99. The molecular weight excluding hydrogens is 252 g/mol. The summed E-state index contributed by atoms with van der Waals surface area (Å²) in [6, 6.07) is 2.20. The number of aromatic nitrogens is 1. The van der Waals surface area contributed by atoms with Gasteiger partial charge in [-0.2, -0.15) is 21.4 Å². The molecule has 1 aliphatic rings. The number of anilines is 1. The first-order chi connectivity index (χ1) is 8.31. The Hall–Kier alpha value is -0.770. The molecule has 17 heavy (non-hydrogen) atoms. The van der Waals surface area contributed by atoms with Crippen LogP contribution in [0.25, 0.3) is 0 Å². The van der Waals surface area contributed by atoms with Crippen LogP contribution in [0.5, 0.6) is 0 Å². The zero-order chi connectivity index (χ0) is 12.1. The molecule has 1 aromatic rings. The van der Waals surface area contributed by atoms with Crippen molar-refractivity contribution in [3.63, 3.8) is 0 Å². The molecule has 0 aliphatic carbocycles. The van der Waals surface area contributed by atoms with Gasteiger partial charge < -0.3 is 5.32 Å². The van der Waals surface area contributed by atoms with Gasteiger partial charge in [-0.25, -0.2) is 0 Å². The van der Waals surface area contributed by atoms with Crippen LogP contribution in [0.2, 0.25) is 0 Å². The van der Waals surface area contributed by atoms with Crippen molar-refractivity contribution >= 4 is 28.3 Å². The van der Waals surface area contributed by atoms with Crippen molar-refractivity contribution in [2.45, 2.75) is 6.92 Å². The first-order valence-electron chi connectivity index (χ1n) is 5.71. The summed E-state index contributed by atoms with van der Waals surface area (Å²) in [4.78, 5) is 2.46. The van der Waals surface area contributed by atoms with Crippen LogP contribution in [0.3, 0.4) is 0 Å². The van der Waals surface area contributed by atoms with Crippen LogP contribution in [0.15, 0.2) is 0 Å². The van der Waals surface area contributed by atoms with E-state index in [-0.39, 0.29) is 0 Å². The maximum atomic E-state index is 9.00. The van der Waals surface area contributed by atoms with Gasteiger partial charge in [-0.05, 0) is 18.5 Å². The molecule has 0 spiro atoms. The maximum Gasteiger partial charge on any atom is 0.127 e. The molecule has 2 rings (SSSR count). The van der Waals surface area contributed by atoms with Gasteiger partial charge >= 0.3 is 0 Å². The van der Waals surface area contributed by atoms with Crippen molar-refractivity contribution in [3.8, 4) is 6.07 Å². The monoisotopic (exact) mass is 268 g/mol. The number of nitrogens with one attached hydrogen (secondary N) is 1. The van der Waals surface area contributed by atoms with Crippen molar-refractivity contribution in [1.82, 2.24) is 9.27 Å². The quantitative estimate of drug-likeness (QED) is 0.902. The van der Waals surface area contributed by atoms with Gasteiger partial charge in [0.2, 0.25) is 0 Å². The summed E-state index contributed by atoms with van der Waals surface area (Å²) in [5, 5.41) is 13.2. The summed E-state index contributed by atoms with van der Waals surface area (Å²) in [7, 11) is 0. The molecule has 0 aromatic carbocycles. The summed E-state index contributed by atoms with van der Waals surface area (Å²) in [5.74, 6) is 2.48. The van der Waals surface area contributed by atoms with E-state index in [1.807, 2.05) is 18.7 Å². The van der Waals surface area contributed by atoms with E-state index in [1.54, 1.807) is 0 Å². The smallest absolute Gasteiger partial charge is 0.127 e. The Morgan fingerprint density at radius 2 is 2.24 bits per heavy atom. The lowest BCUT2D eigenvalue weighted by atomic mass is 10.3. The van der Waals surface area contributed by atoms with Gasteiger partial charge in [0.15, 0.2) is 0 Å². The zero-order valence-electron chi connectivity index (χ0n) is 9.90. The molecule has 0 bridgehead atoms. The number of nitriles is 1. The highest BCUT2D eigenvalue weighted by Gasteiger charge is 2.12. The highest BCUT2D eigenvalue weighted by atomic mass is 32.2. The summed E-state index contributed by atoms with van der Waals surface area (Å²) < 4.78 is 4.19. The van der Waals surface area contributed by atoms with Gasteiger partial charge in [0.05, 0.1) is 5.69 Å². The van der Waals surface area contributed by atoms with Crippen LogP contribution in [-0.2, 0) is 0 Å². The van der Waals surface area contributed by atoms with E-state index in [1.165, 1.54) is 36.1 Å². The van der Waals surface area contributed by atoms with Crippen LogP contribution in [0, 0.1) is 18.3 Å². The number of hydrogen-bond acceptors (Lipinski definition) is 6. The predicted octanol–water partition coefficient (Wildman–Crippen LogP) is 1.78. The zero-order valence-corrected chi connectivity index (χ0v) is 11.5. The van der Waals surface area contributed by atoms with Crippen LogP contribution in [0.1, 0.15) is 11.3 Å². The Labute approximate surface area is 110 Å². The Morgan fingerprint density at radius 1 is 1.47 bits per heavy atom. The first kappa shape index (κ1) is 12.7. The van der Waals surface area contributed by atoms with Crippen LogP contribution in [0.4, 0.5) is 5.00 Å². The van der Waals surface area contributed by atoms with E-state index in [9.17, 15) is 0 Å². The molecule has 0 radical (unpaired) electrons. The molecule has 2 heterocycles. The number of aryl methyl sites for hydroxylation is 1. The average molecular weight is 268 g/mol. The predicted molar refractivity (Wildman–Crippen MR) is 73.8 cm³/mol. The van der Waals surface area contributed by atoms with Crippen molar-refractivity contribution in [1.29, 1.82) is 5.26 Å². The molecule has 1 saturated heterocycles. The van der Waals surface area contributed by atoms with Gasteiger partial charge in [0.1, 0.15) is 16.6 Å². The lowest BCUT2D eigenvalue weighted by Crippen LogP contribution is -2.36. The van der Waals surface area contributed by atoms with E-state index >= 15 is 0 Å². The second kappa shape index (κ2) is 6.24. The van der Waals surface area contributed by atoms with E-state index < -0.39 is 0 Å². The molecule has 1 aromatic heterocycles. The molecule has 0 atom stereocenters. The lowest BCUT2D eigenvalue weighted by molar-refractivity contribution is 0.314. The number of rotatable bonds is 4. The molecule has 0 amide bonds. The molecule has 0 unspecified atom stereocenters. The largest absolute Gasteiger partial charge is 0.373 e. The molecule has 1 N–H and O–H groups in total. The minimum atomic E-state index is 0.698. The maximum absolute atomic E-state index is 9.00. The minimum Gasteiger partial charge on any atom is -0.373 e. The van der Waals surface area contributed by atoms with Crippen LogP contribution >= 0.6 is 23.3 Å². The Kier molecular flexibility index (Phi) is 4.66. The van der Waals surface area contributed by atoms with E-state index in [2.05, 4.69) is 20.7 Å². The SMILES string of the molecule is Cc1nsc(NCCN2CCSCC2)c1C#N. The first-order valence-corrected chi connectivity index (χ1v) is 7.64. The highest BCUT2D eigenvalue weighted by Crippen LogP contribution is 2.22. The fourth-order valence-electron chi connectivity index (χ4n) is 1.77.